The number of carbonyl (C=O) groups excluding carboxylic acids is 1. The van der Waals surface area contributed by atoms with Gasteiger partial charge in [-0.3, -0.25) is 4.79 Å². The number of rotatable bonds is 3. The second-order valence-corrected chi connectivity index (χ2v) is 13.1. The maximum Gasteiger partial charge on any atom is 0.407 e. The lowest BCUT2D eigenvalue weighted by Gasteiger charge is -2.36. The van der Waals surface area contributed by atoms with Crippen LogP contribution in [0.3, 0.4) is 0 Å². The van der Waals surface area contributed by atoms with Crippen LogP contribution in [0.15, 0.2) is 18.2 Å². The number of nitrogens with zero attached hydrogens (tertiary/aromatic N) is 1. The van der Waals surface area contributed by atoms with Crippen molar-refractivity contribution >= 4 is 20.2 Å². The summed E-state index contributed by atoms with van der Waals surface area (Å²) in [5, 5.41) is 9.32. The number of amides is 1. The molecule has 0 aromatic heterocycles. The van der Waals surface area contributed by atoms with Gasteiger partial charge < -0.3 is 14.4 Å². The molecule has 6 heteroatoms. The molecule has 0 bridgehead atoms. The standard InChI is InChI=1S/C19H29NO4Si/c1-13-11-14(24-25(5,6)19(2,3)4)7-8-15(13)16-12-20(18(22)23)10-9-17(16)21/h7-8,11,16H,9-10,12H2,1-6H3,(H,22,23). The van der Waals surface area contributed by atoms with Gasteiger partial charge in [0.05, 0.1) is 5.92 Å². The van der Waals surface area contributed by atoms with Crippen molar-refractivity contribution in [2.45, 2.75) is 58.2 Å². The van der Waals surface area contributed by atoms with Crippen molar-refractivity contribution in [1.29, 1.82) is 0 Å². The van der Waals surface area contributed by atoms with Crippen LogP contribution in [0.1, 0.15) is 44.2 Å². The van der Waals surface area contributed by atoms with Crippen LogP contribution >= 0.6 is 0 Å². The Morgan fingerprint density at radius 2 is 1.96 bits per heavy atom. The first-order chi connectivity index (χ1) is 11.4. The number of benzene rings is 1. The largest absolute Gasteiger partial charge is 0.543 e. The maximum atomic E-state index is 12.3. The zero-order chi connectivity index (χ0) is 19.0. The molecule has 0 radical (unpaired) electrons. The summed E-state index contributed by atoms with van der Waals surface area (Å²) in [6.45, 7) is 13.5. The van der Waals surface area contributed by atoms with E-state index in [-0.39, 0.29) is 36.2 Å². The highest BCUT2D eigenvalue weighted by Crippen LogP contribution is 2.38. The second-order valence-electron chi connectivity index (χ2n) is 8.38. The van der Waals surface area contributed by atoms with Crippen LogP contribution < -0.4 is 4.43 Å². The third-order valence-electron chi connectivity index (χ3n) is 5.49. The van der Waals surface area contributed by atoms with Gasteiger partial charge in [-0.1, -0.05) is 26.8 Å². The van der Waals surface area contributed by atoms with E-state index in [4.69, 9.17) is 4.43 Å². The quantitative estimate of drug-likeness (QED) is 0.808. The lowest BCUT2D eigenvalue weighted by Crippen LogP contribution is -2.44. The number of hydrogen-bond acceptors (Lipinski definition) is 3. The van der Waals surface area contributed by atoms with Gasteiger partial charge in [0.1, 0.15) is 11.5 Å². The van der Waals surface area contributed by atoms with Crippen molar-refractivity contribution in [2.24, 2.45) is 0 Å². The van der Waals surface area contributed by atoms with Gasteiger partial charge in [-0.05, 0) is 48.3 Å². The minimum atomic E-state index is -1.92. The molecule has 1 saturated heterocycles. The molecular weight excluding hydrogens is 334 g/mol. The molecule has 1 heterocycles. The van der Waals surface area contributed by atoms with Crippen molar-refractivity contribution in [3.05, 3.63) is 29.3 Å². The van der Waals surface area contributed by atoms with Crippen molar-refractivity contribution in [3.8, 4) is 5.75 Å². The summed E-state index contributed by atoms with van der Waals surface area (Å²) >= 11 is 0. The summed E-state index contributed by atoms with van der Waals surface area (Å²) in [7, 11) is -1.92. The summed E-state index contributed by atoms with van der Waals surface area (Å²) in [6.07, 6.45) is -0.688. The summed E-state index contributed by atoms with van der Waals surface area (Å²) in [5.74, 6) is 0.552. The van der Waals surface area contributed by atoms with Gasteiger partial charge in [0.15, 0.2) is 0 Å². The fraction of sp³-hybridized carbons (Fsp3) is 0.579. The fourth-order valence-corrected chi connectivity index (χ4v) is 3.85. The zero-order valence-corrected chi connectivity index (χ0v) is 17.0. The van der Waals surface area contributed by atoms with E-state index in [1.165, 1.54) is 4.90 Å². The van der Waals surface area contributed by atoms with E-state index < -0.39 is 14.4 Å². The minimum absolute atomic E-state index is 0.110. The molecule has 1 unspecified atom stereocenters. The number of carboxylic acid groups (broad SMARTS) is 1. The Kier molecular flexibility index (Phi) is 5.32. The molecule has 1 aromatic rings. The van der Waals surface area contributed by atoms with E-state index in [1.807, 2.05) is 25.1 Å². The minimum Gasteiger partial charge on any atom is -0.543 e. The van der Waals surface area contributed by atoms with Gasteiger partial charge in [-0.2, -0.15) is 0 Å². The van der Waals surface area contributed by atoms with E-state index in [1.54, 1.807) is 0 Å². The number of aryl methyl sites for hydroxylation is 1. The monoisotopic (exact) mass is 363 g/mol. The van der Waals surface area contributed by atoms with Gasteiger partial charge in [0.25, 0.3) is 0 Å². The molecule has 0 spiro atoms. The molecule has 0 saturated carbocycles. The number of carbonyl (C=O) groups is 2. The lowest BCUT2D eigenvalue weighted by atomic mass is 9.87. The SMILES string of the molecule is Cc1cc(O[Si](C)(C)C(C)(C)C)ccc1C1CN(C(=O)O)CCC1=O. The molecule has 5 nitrogen and oxygen atoms in total. The number of piperidine rings is 1. The lowest BCUT2D eigenvalue weighted by molar-refractivity contribution is -0.122. The zero-order valence-electron chi connectivity index (χ0n) is 16.0. The summed E-state index contributed by atoms with van der Waals surface area (Å²) in [4.78, 5) is 24.9. The Morgan fingerprint density at radius 3 is 2.48 bits per heavy atom. The van der Waals surface area contributed by atoms with Gasteiger partial charge in [0.2, 0.25) is 8.32 Å². The predicted octanol–water partition coefficient (Wildman–Crippen LogP) is 4.42. The summed E-state index contributed by atoms with van der Waals surface area (Å²) in [6, 6.07) is 5.81. The molecular formula is C19H29NO4Si. The smallest absolute Gasteiger partial charge is 0.407 e. The van der Waals surface area contributed by atoms with E-state index in [2.05, 4.69) is 33.9 Å². The first kappa shape index (κ1) is 19.5. The average Bonchev–Trinajstić information content (AvgIpc) is 2.46. The van der Waals surface area contributed by atoms with Crippen LogP contribution in [0.25, 0.3) is 0 Å². The molecule has 138 valence electrons. The van der Waals surface area contributed by atoms with Crippen molar-refractivity contribution in [3.63, 3.8) is 0 Å². The summed E-state index contributed by atoms with van der Waals surface area (Å²) < 4.78 is 6.33. The first-order valence-electron chi connectivity index (χ1n) is 8.72. The number of likely N-dealkylation sites (tertiary alicyclic amines) is 1. The normalized spacial score (nSPS) is 19.0. The molecule has 25 heavy (non-hydrogen) atoms. The Morgan fingerprint density at radius 1 is 1.32 bits per heavy atom. The van der Waals surface area contributed by atoms with Gasteiger partial charge in [-0.15, -0.1) is 0 Å². The van der Waals surface area contributed by atoms with Crippen LogP contribution in [0.2, 0.25) is 18.1 Å². The molecule has 1 aliphatic heterocycles. The van der Waals surface area contributed by atoms with Crippen molar-refractivity contribution in [1.82, 2.24) is 4.90 Å². The number of ketones is 1. The highest BCUT2D eigenvalue weighted by atomic mass is 28.4. The Balaban J connectivity index is 2.24. The number of hydrogen-bond donors (Lipinski definition) is 1. The topological polar surface area (TPSA) is 66.8 Å². The summed E-state index contributed by atoms with van der Waals surface area (Å²) in [5.41, 5.74) is 1.88. The molecule has 1 atom stereocenters. The highest BCUT2D eigenvalue weighted by Gasteiger charge is 2.39. The molecule has 1 N–H and O–H groups in total. The van der Waals surface area contributed by atoms with Gasteiger partial charge in [-0.25, -0.2) is 4.79 Å². The molecule has 1 fully saturated rings. The van der Waals surface area contributed by atoms with E-state index in [0.717, 1.165) is 16.9 Å². The van der Waals surface area contributed by atoms with Crippen molar-refractivity contribution < 1.29 is 19.1 Å². The van der Waals surface area contributed by atoms with Gasteiger partial charge in [0, 0.05) is 19.5 Å². The third kappa shape index (κ3) is 4.23. The molecule has 2 rings (SSSR count). The van der Waals surface area contributed by atoms with E-state index in [0.29, 0.717) is 0 Å². The van der Waals surface area contributed by atoms with Gasteiger partial charge >= 0.3 is 6.09 Å². The molecule has 1 amide bonds. The Bertz CT molecular complexity index is 678. The Labute approximate surface area is 151 Å². The Hall–Kier alpha value is -1.82. The maximum absolute atomic E-state index is 12.3. The fourth-order valence-electron chi connectivity index (χ4n) is 2.83. The predicted molar refractivity (Wildman–Crippen MR) is 101 cm³/mol. The highest BCUT2D eigenvalue weighted by molar-refractivity contribution is 6.74. The third-order valence-corrected chi connectivity index (χ3v) is 9.84. The van der Waals surface area contributed by atoms with Crippen LogP contribution in [0.5, 0.6) is 5.75 Å². The van der Waals surface area contributed by atoms with Crippen LogP contribution in [0.4, 0.5) is 4.79 Å². The second kappa shape index (κ2) is 6.82. The first-order valence-corrected chi connectivity index (χ1v) is 11.6. The average molecular weight is 364 g/mol. The van der Waals surface area contributed by atoms with Crippen LogP contribution in [-0.2, 0) is 4.79 Å². The number of Topliss-reactive ketones (excluding diaryl/α,β-unsaturated/α-hetero) is 1. The molecule has 0 aliphatic carbocycles. The van der Waals surface area contributed by atoms with Crippen molar-refractivity contribution in [2.75, 3.05) is 13.1 Å². The molecule has 1 aliphatic rings. The van der Waals surface area contributed by atoms with Crippen LogP contribution in [0, 0.1) is 6.92 Å². The van der Waals surface area contributed by atoms with E-state index >= 15 is 0 Å². The van der Waals surface area contributed by atoms with E-state index in [9.17, 15) is 14.7 Å². The molecule has 1 aromatic carbocycles. The van der Waals surface area contributed by atoms with Crippen LogP contribution in [-0.4, -0.2) is 43.3 Å².